The molecule has 3 aromatic heterocycles. The van der Waals surface area contributed by atoms with Crippen LogP contribution in [0, 0.1) is 0 Å². The number of hydrogen-bond donors (Lipinski definition) is 0. The fourth-order valence-corrected chi connectivity index (χ4v) is 5.69. The highest BCUT2D eigenvalue weighted by molar-refractivity contribution is 7.26. The summed E-state index contributed by atoms with van der Waals surface area (Å²) in [4.78, 5) is 19.2. The highest BCUT2D eigenvalue weighted by atomic mass is 32.1. The zero-order valence-electron chi connectivity index (χ0n) is 16.0. The Morgan fingerprint density at radius 2 is 1.96 bits per heavy atom. The molecule has 27 heavy (non-hydrogen) atoms. The molecule has 0 bridgehead atoms. The van der Waals surface area contributed by atoms with Gasteiger partial charge in [-0.2, -0.15) is 0 Å². The first-order valence-electron chi connectivity index (χ1n) is 10.0. The molecule has 3 aromatic rings. The molecule has 1 saturated heterocycles. The van der Waals surface area contributed by atoms with E-state index in [9.17, 15) is 0 Å². The van der Waals surface area contributed by atoms with Gasteiger partial charge in [0.05, 0.1) is 31.7 Å². The van der Waals surface area contributed by atoms with Crippen LogP contribution in [-0.2, 0) is 17.6 Å². The molecule has 5 rings (SSSR count). The Bertz CT molecular complexity index is 991. The minimum Gasteiger partial charge on any atom is -0.378 e. The lowest BCUT2D eigenvalue weighted by Gasteiger charge is -2.29. The number of aryl methyl sites for hydroxylation is 1. The summed E-state index contributed by atoms with van der Waals surface area (Å²) >= 11 is 1.79. The Kier molecular flexibility index (Phi) is 4.36. The quantitative estimate of drug-likeness (QED) is 0.692. The first-order chi connectivity index (χ1) is 13.3. The van der Waals surface area contributed by atoms with Crippen LogP contribution in [0.2, 0.25) is 0 Å². The lowest BCUT2D eigenvalue weighted by Crippen LogP contribution is -2.37. The van der Waals surface area contributed by atoms with Gasteiger partial charge in [-0.3, -0.25) is 4.90 Å². The third-order valence-electron chi connectivity index (χ3n) is 5.86. The third kappa shape index (κ3) is 2.67. The van der Waals surface area contributed by atoms with Crippen LogP contribution in [0.15, 0.2) is 6.33 Å². The lowest BCUT2D eigenvalue weighted by molar-refractivity contribution is -0.366. The largest absolute Gasteiger partial charge is 0.378 e. The first kappa shape index (κ1) is 17.1. The molecule has 0 spiro atoms. The molecule has 0 saturated carbocycles. The van der Waals surface area contributed by atoms with Crippen molar-refractivity contribution in [1.29, 1.82) is 0 Å². The highest BCUT2D eigenvalue weighted by Gasteiger charge is 2.29. The second kappa shape index (κ2) is 6.87. The number of morpholine rings is 1. The van der Waals surface area contributed by atoms with Crippen molar-refractivity contribution >= 4 is 43.4 Å². The Hall–Kier alpha value is -1.99. The summed E-state index contributed by atoms with van der Waals surface area (Å²) in [6.45, 7) is 9.81. The number of nitrogens with one attached hydrogen (secondary N) is 1. The normalized spacial score (nSPS) is 17.0. The van der Waals surface area contributed by atoms with E-state index >= 15 is 0 Å². The number of aromatic amines is 1. The van der Waals surface area contributed by atoms with Crippen LogP contribution in [-0.4, -0.2) is 49.4 Å². The van der Waals surface area contributed by atoms with Gasteiger partial charge < -0.3 is 9.64 Å². The van der Waals surface area contributed by atoms with Gasteiger partial charge in [0.2, 0.25) is 12.1 Å². The van der Waals surface area contributed by atoms with Gasteiger partial charge in [-0.1, -0.05) is 0 Å². The maximum Gasteiger partial charge on any atom is 0.242 e. The molecule has 2 aliphatic rings. The summed E-state index contributed by atoms with van der Waals surface area (Å²) in [6, 6.07) is 0. The van der Waals surface area contributed by atoms with Gasteiger partial charge in [0.15, 0.2) is 5.52 Å². The molecule has 1 aliphatic heterocycles. The maximum atomic E-state index is 5.56. The molecule has 4 heterocycles. The van der Waals surface area contributed by atoms with Gasteiger partial charge in [-0.05, 0) is 44.2 Å². The van der Waals surface area contributed by atoms with Crippen molar-refractivity contribution in [3.63, 3.8) is 0 Å². The summed E-state index contributed by atoms with van der Waals surface area (Å²) < 4.78 is 6.79. The molecule has 142 valence electrons. The number of fused-ring (bicyclic) bond motifs is 5. The molecule has 0 radical (unpaired) electrons. The van der Waals surface area contributed by atoms with E-state index in [-0.39, 0.29) is 0 Å². The molecule has 0 amide bonds. The van der Waals surface area contributed by atoms with Crippen LogP contribution in [0.4, 0.5) is 11.6 Å². The van der Waals surface area contributed by atoms with Gasteiger partial charge in [0, 0.05) is 13.1 Å². The Balaban J connectivity index is 1.76. The van der Waals surface area contributed by atoms with Crippen LogP contribution >= 0.6 is 11.3 Å². The summed E-state index contributed by atoms with van der Waals surface area (Å²) in [7, 11) is 0. The van der Waals surface area contributed by atoms with E-state index in [1.807, 2.05) is 6.33 Å². The van der Waals surface area contributed by atoms with E-state index < -0.39 is 0 Å². The predicted octanol–water partition coefficient (Wildman–Crippen LogP) is 2.83. The zero-order chi connectivity index (χ0) is 18.4. The molecule has 1 aliphatic carbocycles. The standard InChI is InChI=1S/C20H25N5OS/c1-3-24(4-2)19-17-16(21-12-22-19)15-13-6-5-7-14(13)18(23-20(15)27-17)25-8-10-26-11-9-25/h12H,3-11H2,1-2H3/p+1. The number of pyridine rings is 1. The monoisotopic (exact) mass is 384 g/mol. The number of rotatable bonds is 4. The Labute approximate surface area is 163 Å². The number of ether oxygens (including phenoxy) is 1. The second-order valence-corrected chi connectivity index (χ2v) is 8.23. The summed E-state index contributed by atoms with van der Waals surface area (Å²) in [6.07, 6.45) is 5.33. The minimum atomic E-state index is 0.795. The van der Waals surface area contributed by atoms with Gasteiger partial charge in [-0.25, -0.2) is 9.97 Å². The van der Waals surface area contributed by atoms with Gasteiger partial charge in [0.25, 0.3) is 0 Å². The average Bonchev–Trinajstić information content (AvgIpc) is 3.33. The van der Waals surface area contributed by atoms with Crippen LogP contribution < -0.4 is 14.8 Å². The van der Waals surface area contributed by atoms with Crippen molar-refractivity contribution < 1.29 is 9.72 Å². The number of anilines is 2. The first-order valence-corrected chi connectivity index (χ1v) is 10.9. The van der Waals surface area contributed by atoms with Gasteiger partial charge in [0.1, 0.15) is 15.3 Å². The topological polar surface area (TPSA) is 55.6 Å². The molecule has 0 atom stereocenters. The lowest BCUT2D eigenvalue weighted by atomic mass is 10.1. The summed E-state index contributed by atoms with van der Waals surface area (Å²) in [5.41, 5.74) is 4.05. The second-order valence-electron chi connectivity index (χ2n) is 7.23. The number of thiophene rings is 1. The fraction of sp³-hybridized carbons (Fsp3) is 0.550. The van der Waals surface area contributed by atoms with Crippen molar-refractivity contribution in [2.45, 2.75) is 33.1 Å². The minimum absolute atomic E-state index is 0.795. The van der Waals surface area contributed by atoms with Crippen molar-refractivity contribution in [3.8, 4) is 0 Å². The highest BCUT2D eigenvalue weighted by Crippen LogP contribution is 2.43. The van der Waals surface area contributed by atoms with Crippen molar-refractivity contribution in [3.05, 3.63) is 17.5 Å². The smallest absolute Gasteiger partial charge is 0.242 e. The van der Waals surface area contributed by atoms with E-state index in [0.717, 1.165) is 62.6 Å². The van der Waals surface area contributed by atoms with E-state index in [1.165, 1.54) is 39.3 Å². The van der Waals surface area contributed by atoms with E-state index in [0.29, 0.717) is 0 Å². The van der Waals surface area contributed by atoms with Crippen LogP contribution in [0.25, 0.3) is 20.4 Å². The maximum absolute atomic E-state index is 5.56. The SMILES string of the molecule is CCN(CC)c1[nH+]cnc2c1sc1nc(N3CCOCC3)c3c(c12)CCC3. The number of nitrogens with zero attached hydrogens (tertiary/aromatic N) is 4. The zero-order valence-corrected chi connectivity index (χ0v) is 16.9. The average molecular weight is 385 g/mol. The number of aromatic nitrogens is 3. The van der Waals surface area contributed by atoms with Gasteiger partial charge >= 0.3 is 0 Å². The molecule has 1 fully saturated rings. The fourth-order valence-electron chi connectivity index (χ4n) is 4.51. The van der Waals surface area contributed by atoms with Crippen molar-refractivity contribution in [1.82, 2.24) is 9.97 Å². The predicted molar refractivity (Wildman–Crippen MR) is 110 cm³/mol. The van der Waals surface area contributed by atoms with E-state index in [2.05, 4.69) is 28.6 Å². The van der Waals surface area contributed by atoms with Crippen molar-refractivity contribution in [2.75, 3.05) is 49.2 Å². The van der Waals surface area contributed by atoms with E-state index in [1.54, 1.807) is 11.3 Å². The molecule has 0 aromatic carbocycles. The molecular formula is C20H26N5OS+. The molecule has 0 unspecified atom stereocenters. The molecule has 6 nitrogen and oxygen atoms in total. The molecule has 7 heteroatoms. The van der Waals surface area contributed by atoms with Crippen LogP contribution in [0.5, 0.6) is 0 Å². The van der Waals surface area contributed by atoms with E-state index in [4.69, 9.17) is 14.7 Å². The third-order valence-corrected chi connectivity index (χ3v) is 6.94. The van der Waals surface area contributed by atoms with Crippen molar-refractivity contribution in [2.24, 2.45) is 0 Å². The van der Waals surface area contributed by atoms with Crippen LogP contribution in [0.1, 0.15) is 31.4 Å². The molecule has 1 N–H and O–H groups in total. The Morgan fingerprint density at radius 1 is 1.19 bits per heavy atom. The number of H-pyrrole nitrogens is 1. The van der Waals surface area contributed by atoms with Crippen LogP contribution in [0.3, 0.4) is 0 Å². The summed E-state index contributed by atoms with van der Waals surface area (Å²) in [5.74, 6) is 2.37. The summed E-state index contributed by atoms with van der Waals surface area (Å²) in [5, 5.41) is 1.29. The molecular weight excluding hydrogens is 358 g/mol. The van der Waals surface area contributed by atoms with Gasteiger partial charge in [-0.15, -0.1) is 16.3 Å². The number of hydrogen-bond acceptors (Lipinski definition) is 6. The Morgan fingerprint density at radius 3 is 2.74 bits per heavy atom.